The van der Waals surface area contributed by atoms with E-state index in [1.807, 2.05) is 0 Å². The van der Waals surface area contributed by atoms with Crippen LogP contribution in [0.5, 0.6) is 0 Å². The van der Waals surface area contributed by atoms with Gasteiger partial charge in [-0.2, -0.15) is 0 Å². The average Bonchev–Trinajstić information content (AvgIpc) is 2.94. The molecule has 0 amide bonds. The Morgan fingerprint density at radius 3 is 2.59 bits per heavy atom. The van der Waals surface area contributed by atoms with Gasteiger partial charge in [-0.25, -0.2) is 0 Å². The summed E-state index contributed by atoms with van der Waals surface area (Å²) in [4.78, 5) is 0. The van der Waals surface area contributed by atoms with Crippen LogP contribution >= 0.6 is 0 Å². The van der Waals surface area contributed by atoms with Crippen LogP contribution in [0.3, 0.4) is 0 Å². The third-order valence-corrected chi connectivity index (χ3v) is 10.3. The van der Waals surface area contributed by atoms with Crippen molar-refractivity contribution < 1.29 is 10.2 Å². The highest BCUT2D eigenvalue weighted by molar-refractivity contribution is 5.26. The molecule has 4 aliphatic rings. The van der Waals surface area contributed by atoms with Gasteiger partial charge in [0, 0.05) is 0 Å². The minimum Gasteiger partial charge on any atom is -0.393 e. The molecule has 0 bridgehead atoms. The van der Waals surface area contributed by atoms with Crippen LogP contribution in [-0.2, 0) is 0 Å². The van der Waals surface area contributed by atoms with E-state index < -0.39 is 5.60 Å². The van der Waals surface area contributed by atoms with Crippen molar-refractivity contribution in [3.63, 3.8) is 0 Å². The molecule has 0 aromatic rings. The predicted molar refractivity (Wildman–Crippen MR) is 120 cm³/mol. The maximum atomic E-state index is 12.0. The maximum Gasteiger partial charge on any atom is 0.0729 e. The first-order valence-corrected chi connectivity index (χ1v) is 12.3. The lowest BCUT2D eigenvalue weighted by molar-refractivity contribution is -0.150. The highest BCUT2D eigenvalue weighted by Crippen LogP contribution is 2.68. The molecule has 0 radical (unpaired) electrons. The second-order valence-electron chi connectivity index (χ2n) is 11.8. The lowest BCUT2D eigenvalue weighted by Crippen LogP contribution is -2.56. The molecule has 2 nitrogen and oxygen atoms in total. The number of hydrogen-bond acceptors (Lipinski definition) is 2. The van der Waals surface area contributed by atoms with E-state index in [1.54, 1.807) is 5.57 Å². The van der Waals surface area contributed by atoms with E-state index in [0.29, 0.717) is 17.3 Å². The van der Waals surface area contributed by atoms with Crippen molar-refractivity contribution in [1.82, 2.24) is 0 Å². The van der Waals surface area contributed by atoms with Gasteiger partial charge in [-0.05, 0) is 113 Å². The van der Waals surface area contributed by atoms with Gasteiger partial charge in [-0.3, -0.25) is 0 Å². The summed E-state index contributed by atoms with van der Waals surface area (Å²) in [7, 11) is 0. The van der Waals surface area contributed by atoms with E-state index in [2.05, 4.69) is 46.8 Å². The molecule has 0 aliphatic heterocycles. The highest BCUT2D eigenvalue weighted by atomic mass is 16.3. The number of allylic oxidation sites excluding steroid dienone is 3. The summed E-state index contributed by atoms with van der Waals surface area (Å²) >= 11 is 0. The summed E-state index contributed by atoms with van der Waals surface area (Å²) in [6.07, 6.45) is 15.7. The fourth-order valence-electron chi connectivity index (χ4n) is 8.36. The summed E-state index contributed by atoms with van der Waals surface area (Å²) < 4.78 is 0. The maximum absolute atomic E-state index is 12.0. The molecule has 1 unspecified atom stereocenters. The molecular weight excluding hydrogens is 356 g/mol. The zero-order valence-corrected chi connectivity index (χ0v) is 19.5. The van der Waals surface area contributed by atoms with E-state index in [1.165, 1.54) is 31.3 Å². The average molecular weight is 401 g/mol. The summed E-state index contributed by atoms with van der Waals surface area (Å²) in [5, 5.41) is 22.2. The van der Waals surface area contributed by atoms with Crippen LogP contribution in [0.25, 0.3) is 0 Å². The molecule has 164 valence electrons. The van der Waals surface area contributed by atoms with Gasteiger partial charge in [0.25, 0.3) is 0 Å². The van der Waals surface area contributed by atoms with Crippen molar-refractivity contribution in [2.45, 2.75) is 111 Å². The quantitative estimate of drug-likeness (QED) is 0.534. The Morgan fingerprint density at radius 1 is 1.14 bits per heavy atom. The minimum absolute atomic E-state index is 0.0639. The van der Waals surface area contributed by atoms with Crippen molar-refractivity contribution in [1.29, 1.82) is 0 Å². The van der Waals surface area contributed by atoms with E-state index >= 15 is 0 Å². The molecule has 0 heterocycles. The summed E-state index contributed by atoms with van der Waals surface area (Å²) in [5.41, 5.74) is 2.78. The van der Waals surface area contributed by atoms with Crippen molar-refractivity contribution >= 4 is 0 Å². The Kier molecular flexibility index (Phi) is 5.61. The lowest BCUT2D eigenvalue weighted by Gasteiger charge is -2.59. The molecule has 2 N–H and O–H groups in total. The van der Waals surface area contributed by atoms with Crippen LogP contribution in [0.15, 0.2) is 23.3 Å². The SMILES string of the molecule is CC(C)=CCC[C@@H](C)[C@]1(O)CC[C@H]2[C@@H]3CC=C4CC(O)CC[C@]4(C)[C@H]3CC[C@@]21C. The molecular formula is C27H44O2. The molecule has 0 aromatic carbocycles. The highest BCUT2D eigenvalue weighted by Gasteiger charge is 2.64. The van der Waals surface area contributed by atoms with Gasteiger partial charge in [0.2, 0.25) is 0 Å². The van der Waals surface area contributed by atoms with E-state index in [4.69, 9.17) is 0 Å². The van der Waals surface area contributed by atoms with Crippen LogP contribution in [0.1, 0.15) is 98.8 Å². The van der Waals surface area contributed by atoms with Crippen LogP contribution in [0, 0.1) is 34.5 Å². The summed E-state index contributed by atoms with van der Waals surface area (Å²) in [5.74, 6) is 2.48. The molecule has 29 heavy (non-hydrogen) atoms. The van der Waals surface area contributed by atoms with Crippen molar-refractivity contribution in [3.05, 3.63) is 23.3 Å². The van der Waals surface area contributed by atoms with E-state index in [-0.39, 0.29) is 11.5 Å². The van der Waals surface area contributed by atoms with Gasteiger partial charge in [-0.1, -0.05) is 44.1 Å². The fraction of sp³-hybridized carbons (Fsp3) is 0.852. The van der Waals surface area contributed by atoms with Crippen LogP contribution < -0.4 is 0 Å². The zero-order chi connectivity index (χ0) is 21.0. The lowest BCUT2D eigenvalue weighted by atomic mass is 9.46. The van der Waals surface area contributed by atoms with Gasteiger partial charge in [0.15, 0.2) is 0 Å². The predicted octanol–water partition coefficient (Wildman–Crippen LogP) is 6.42. The number of aliphatic hydroxyl groups excluding tert-OH is 1. The second-order valence-corrected chi connectivity index (χ2v) is 11.8. The second kappa shape index (κ2) is 7.52. The fourth-order valence-corrected chi connectivity index (χ4v) is 8.36. The topological polar surface area (TPSA) is 40.5 Å². The Hall–Kier alpha value is -0.600. The molecule has 0 spiro atoms. The molecule has 3 saturated carbocycles. The van der Waals surface area contributed by atoms with Crippen LogP contribution in [0.4, 0.5) is 0 Å². The van der Waals surface area contributed by atoms with Gasteiger partial charge in [-0.15, -0.1) is 0 Å². The van der Waals surface area contributed by atoms with Crippen molar-refractivity contribution in [2.75, 3.05) is 0 Å². The first-order valence-electron chi connectivity index (χ1n) is 12.3. The van der Waals surface area contributed by atoms with Crippen molar-refractivity contribution in [3.8, 4) is 0 Å². The van der Waals surface area contributed by atoms with Gasteiger partial charge in [0.1, 0.15) is 0 Å². The largest absolute Gasteiger partial charge is 0.393 e. The third kappa shape index (κ3) is 3.28. The standard InChI is InChI=1S/C27H44O2/c1-18(2)7-6-8-19(3)27(29)16-13-24-22-10-9-20-17-21(28)11-14-25(20,4)23(22)12-15-26(24,27)5/h7,9,19,21-24,28-29H,6,8,10-17H2,1-5H3/t19-,21?,22-,23+,24+,25+,26+,27-/m1/s1. The molecule has 3 fully saturated rings. The monoisotopic (exact) mass is 400 g/mol. The Bertz CT molecular complexity index is 689. The number of rotatable bonds is 4. The summed E-state index contributed by atoms with van der Waals surface area (Å²) in [6, 6.07) is 0. The molecule has 2 heteroatoms. The Morgan fingerprint density at radius 2 is 1.86 bits per heavy atom. The summed E-state index contributed by atoms with van der Waals surface area (Å²) in [6.45, 7) is 11.6. The zero-order valence-electron chi connectivity index (χ0n) is 19.5. The van der Waals surface area contributed by atoms with Crippen LogP contribution in [0.2, 0.25) is 0 Å². The van der Waals surface area contributed by atoms with Gasteiger partial charge < -0.3 is 10.2 Å². The number of hydrogen-bond donors (Lipinski definition) is 2. The van der Waals surface area contributed by atoms with E-state index in [0.717, 1.165) is 50.4 Å². The van der Waals surface area contributed by atoms with Crippen LogP contribution in [-0.4, -0.2) is 21.9 Å². The third-order valence-electron chi connectivity index (χ3n) is 10.3. The number of fused-ring (bicyclic) bond motifs is 5. The molecule has 0 saturated heterocycles. The Labute approximate surface area is 178 Å². The molecule has 4 rings (SSSR count). The Balaban J connectivity index is 1.56. The smallest absolute Gasteiger partial charge is 0.0729 e. The first kappa shape index (κ1) is 21.6. The molecule has 4 aliphatic carbocycles. The van der Waals surface area contributed by atoms with Gasteiger partial charge >= 0.3 is 0 Å². The minimum atomic E-state index is -0.508. The van der Waals surface area contributed by atoms with Gasteiger partial charge in [0.05, 0.1) is 11.7 Å². The molecule has 8 atom stereocenters. The molecule has 0 aromatic heterocycles. The first-order chi connectivity index (χ1) is 13.6. The van der Waals surface area contributed by atoms with Crippen molar-refractivity contribution in [2.24, 2.45) is 34.5 Å². The van der Waals surface area contributed by atoms with E-state index in [9.17, 15) is 10.2 Å². The normalized spacial score (nSPS) is 47.5. The number of aliphatic hydroxyl groups is 2.